The minimum Gasteiger partial charge on any atom is -0.462 e. The Labute approximate surface area is 549 Å². The Kier molecular flexibility index (Phi) is 60.6. The predicted molar refractivity (Wildman–Crippen MR) is 363 cm³/mol. The van der Waals surface area contributed by atoms with Crippen LogP contribution in [0.15, 0.2) is 0 Å². The quantitative estimate of drug-likeness (QED) is 0.0222. The van der Waals surface area contributed by atoms with Crippen molar-refractivity contribution in [2.75, 3.05) is 39.6 Å². The van der Waals surface area contributed by atoms with Crippen molar-refractivity contribution >= 4 is 39.5 Å². The van der Waals surface area contributed by atoms with Gasteiger partial charge < -0.3 is 33.8 Å². The normalized spacial score (nSPS) is 14.8. The summed E-state index contributed by atoms with van der Waals surface area (Å²) in [6.45, 7) is 11.8. The molecular formula is C71H138O17P2. The minimum atomic E-state index is -4.95. The molecule has 7 atom stereocenters. The van der Waals surface area contributed by atoms with Crippen LogP contribution < -0.4 is 0 Å². The molecule has 0 aromatic heterocycles. The van der Waals surface area contributed by atoms with Gasteiger partial charge in [0.1, 0.15) is 19.3 Å². The second-order valence-corrected chi connectivity index (χ2v) is 29.5. The van der Waals surface area contributed by atoms with Gasteiger partial charge in [-0.25, -0.2) is 9.13 Å². The van der Waals surface area contributed by atoms with Crippen molar-refractivity contribution in [2.24, 2.45) is 17.8 Å². The van der Waals surface area contributed by atoms with E-state index in [1.54, 1.807) is 0 Å². The van der Waals surface area contributed by atoms with Crippen LogP contribution in [0.5, 0.6) is 0 Å². The molecule has 0 bridgehead atoms. The van der Waals surface area contributed by atoms with Gasteiger partial charge in [0.2, 0.25) is 0 Å². The number of hydrogen-bond acceptors (Lipinski definition) is 15. The Morgan fingerprint density at radius 2 is 0.567 bits per heavy atom. The maximum Gasteiger partial charge on any atom is 0.472 e. The lowest BCUT2D eigenvalue weighted by Crippen LogP contribution is -2.30. The van der Waals surface area contributed by atoms with Crippen molar-refractivity contribution in [3.63, 3.8) is 0 Å². The molecule has 0 aromatic carbocycles. The first-order valence-corrected chi connectivity index (χ1v) is 39.9. The van der Waals surface area contributed by atoms with Gasteiger partial charge in [-0.05, 0) is 43.4 Å². The third-order valence-corrected chi connectivity index (χ3v) is 19.0. The zero-order valence-corrected chi connectivity index (χ0v) is 60.4. The van der Waals surface area contributed by atoms with E-state index in [4.69, 9.17) is 37.0 Å². The van der Waals surface area contributed by atoms with Crippen molar-refractivity contribution in [1.29, 1.82) is 0 Å². The monoisotopic (exact) mass is 1320 g/mol. The lowest BCUT2D eigenvalue weighted by atomic mass is 9.99. The lowest BCUT2D eigenvalue weighted by Gasteiger charge is -2.21. The fraction of sp³-hybridized carbons (Fsp3) is 0.944. The van der Waals surface area contributed by atoms with Crippen molar-refractivity contribution in [3.8, 4) is 0 Å². The average molecular weight is 1330 g/mol. The summed E-state index contributed by atoms with van der Waals surface area (Å²) in [5, 5.41) is 10.6. The summed E-state index contributed by atoms with van der Waals surface area (Å²) in [6, 6.07) is 0. The minimum absolute atomic E-state index is 0.102. The Morgan fingerprint density at radius 3 is 0.844 bits per heavy atom. The third kappa shape index (κ3) is 62.2. The van der Waals surface area contributed by atoms with Gasteiger partial charge in [0, 0.05) is 25.7 Å². The standard InChI is InChI=1S/C71H138O17P2/c1-8-11-12-13-14-15-16-17-18-19-20-21-26-31-40-47-54-70(75)87-66(58-81-68(73)52-45-38-30-25-23-22-24-29-36-43-50-63(6)9-2)60-85-89(77,78)83-56-65(72)57-84-90(79,80)86-61-67(88-71(76)55-48-41-32-27-28-35-42-49-62(4)5)59-82-69(74)53-46-39-34-33-37-44-51-64(7)10-3/h62-67,72H,8-61H2,1-7H3,(H,77,78)(H,79,80)/t63?,64?,65-,66-,67-/m1/s1. The molecule has 0 fully saturated rings. The molecule has 19 heteroatoms. The number of rotatable bonds is 69. The number of phosphoric ester groups is 2. The number of carbonyl (C=O) groups is 4. The van der Waals surface area contributed by atoms with Crippen LogP contribution in [0.2, 0.25) is 0 Å². The molecule has 90 heavy (non-hydrogen) atoms. The molecule has 534 valence electrons. The number of unbranched alkanes of at least 4 members (excludes halogenated alkanes) is 35. The highest BCUT2D eigenvalue weighted by Crippen LogP contribution is 2.45. The number of carbonyl (C=O) groups excluding carboxylic acids is 4. The molecule has 0 spiro atoms. The van der Waals surface area contributed by atoms with Gasteiger partial charge in [-0.2, -0.15) is 0 Å². The second-order valence-electron chi connectivity index (χ2n) is 26.6. The van der Waals surface area contributed by atoms with E-state index >= 15 is 0 Å². The van der Waals surface area contributed by atoms with Crippen LogP contribution in [0.1, 0.15) is 357 Å². The number of phosphoric acid groups is 2. The summed E-state index contributed by atoms with van der Waals surface area (Å²) in [7, 11) is -9.90. The smallest absolute Gasteiger partial charge is 0.462 e. The molecule has 0 aliphatic carbocycles. The molecule has 3 N–H and O–H groups in total. The molecule has 0 saturated carbocycles. The number of esters is 4. The average Bonchev–Trinajstić information content (AvgIpc) is 3.19. The summed E-state index contributed by atoms with van der Waals surface area (Å²) in [5.74, 6) is 0.109. The Balaban J connectivity index is 5.25. The summed E-state index contributed by atoms with van der Waals surface area (Å²) in [4.78, 5) is 72.6. The predicted octanol–water partition coefficient (Wildman–Crippen LogP) is 20.2. The van der Waals surface area contributed by atoms with E-state index in [-0.39, 0.29) is 25.7 Å². The van der Waals surface area contributed by atoms with Crippen molar-refractivity contribution in [2.45, 2.75) is 375 Å². The molecule has 0 saturated heterocycles. The summed E-state index contributed by atoms with van der Waals surface area (Å²) >= 11 is 0. The Bertz CT molecular complexity index is 1770. The van der Waals surface area contributed by atoms with E-state index in [1.807, 2.05) is 0 Å². The fourth-order valence-corrected chi connectivity index (χ4v) is 12.2. The topological polar surface area (TPSA) is 237 Å². The SMILES string of the molecule is CCCCCCCCCCCCCCCCCCC(=O)O[C@H](COC(=O)CCCCCCCCCCCCC(C)CC)COP(=O)(O)OC[C@@H](O)COP(=O)(O)OC[C@@H](COC(=O)CCCCCCCCC(C)CC)OC(=O)CCCCCCCCCC(C)C. The number of hydrogen-bond donors (Lipinski definition) is 3. The molecule has 0 heterocycles. The number of ether oxygens (including phenoxy) is 4. The molecule has 0 aliphatic heterocycles. The van der Waals surface area contributed by atoms with E-state index < -0.39 is 97.5 Å². The van der Waals surface area contributed by atoms with Gasteiger partial charge in [0.25, 0.3) is 0 Å². The number of aliphatic hydroxyl groups is 1. The molecule has 0 aromatic rings. The maximum absolute atomic E-state index is 13.0. The van der Waals surface area contributed by atoms with Crippen LogP contribution in [-0.4, -0.2) is 96.7 Å². The van der Waals surface area contributed by atoms with Gasteiger partial charge in [0.05, 0.1) is 26.4 Å². The van der Waals surface area contributed by atoms with Crippen LogP contribution in [-0.2, 0) is 65.4 Å². The van der Waals surface area contributed by atoms with Crippen molar-refractivity contribution in [3.05, 3.63) is 0 Å². The summed E-state index contributed by atoms with van der Waals surface area (Å²) in [6.07, 6.45) is 45.8. The van der Waals surface area contributed by atoms with Crippen molar-refractivity contribution < 1.29 is 80.2 Å². The largest absolute Gasteiger partial charge is 0.472 e. The van der Waals surface area contributed by atoms with Crippen LogP contribution in [0.4, 0.5) is 0 Å². The highest BCUT2D eigenvalue weighted by Gasteiger charge is 2.30. The number of aliphatic hydroxyl groups excluding tert-OH is 1. The van der Waals surface area contributed by atoms with Gasteiger partial charge in [-0.1, -0.05) is 305 Å². The Hall–Kier alpha value is -1.94. The molecule has 0 aliphatic rings. The lowest BCUT2D eigenvalue weighted by molar-refractivity contribution is -0.161. The van der Waals surface area contributed by atoms with E-state index in [9.17, 15) is 43.2 Å². The second kappa shape index (κ2) is 61.9. The van der Waals surface area contributed by atoms with E-state index in [0.717, 1.165) is 108 Å². The van der Waals surface area contributed by atoms with Crippen molar-refractivity contribution in [1.82, 2.24) is 0 Å². The molecular weight excluding hydrogens is 1190 g/mol. The van der Waals surface area contributed by atoms with Crippen LogP contribution in [0.25, 0.3) is 0 Å². The fourth-order valence-electron chi connectivity index (χ4n) is 10.7. The van der Waals surface area contributed by atoms with Crippen LogP contribution in [0.3, 0.4) is 0 Å². The molecule has 4 unspecified atom stereocenters. The van der Waals surface area contributed by atoms with E-state index in [2.05, 4.69) is 48.5 Å². The van der Waals surface area contributed by atoms with Gasteiger partial charge in [-0.15, -0.1) is 0 Å². The Morgan fingerprint density at radius 1 is 0.322 bits per heavy atom. The zero-order valence-electron chi connectivity index (χ0n) is 58.6. The molecule has 0 radical (unpaired) electrons. The molecule has 17 nitrogen and oxygen atoms in total. The van der Waals surface area contributed by atoms with Gasteiger partial charge in [0.15, 0.2) is 12.2 Å². The first-order chi connectivity index (χ1) is 43.3. The summed E-state index contributed by atoms with van der Waals surface area (Å²) < 4.78 is 68.3. The first kappa shape index (κ1) is 88.1. The first-order valence-electron chi connectivity index (χ1n) is 36.9. The van der Waals surface area contributed by atoms with Crippen LogP contribution in [0, 0.1) is 17.8 Å². The zero-order chi connectivity index (χ0) is 66.6. The third-order valence-electron chi connectivity index (χ3n) is 17.1. The highest BCUT2D eigenvalue weighted by molar-refractivity contribution is 7.47. The van der Waals surface area contributed by atoms with E-state index in [1.165, 1.54) is 161 Å². The highest BCUT2D eigenvalue weighted by atomic mass is 31.2. The van der Waals surface area contributed by atoms with Gasteiger partial charge in [-0.3, -0.25) is 37.3 Å². The maximum atomic E-state index is 13.0. The molecule has 0 amide bonds. The van der Waals surface area contributed by atoms with Gasteiger partial charge >= 0.3 is 39.5 Å². The van der Waals surface area contributed by atoms with Crippen LogP contribution >= 0.6 is 15.6 Å². The van der Waals surface area contributed by atoms with E-state index in [0.29, 0.717) is 31.6 Å². The summed E-state index contributed by atoms with van der Waals surface area (Å²) in [5.41, 5.74) is 0. The molecule has 0 rings (SSSR count).